The molecule has 0 saturated carbocycles. The fourth-order valence-electron chi connectivity index (χ4n) is 2.85. The van der Waals surface area contributed by atoms with Crippen LogP contribution in [0.3, 0.4) is 0 Å². The van der Waals surface area contributed by atoms with Crippen molar-refractivity contribution < 1.29 is 14.7 Å². The van der Waals surface area contributed by atoms with Gasteiger partial charge in [0.15, 0.2) is 0 Å². The lowest BCUT2D eigenvalue weighted by Crippen LogP contribution is -2.31. The molecule has 0 amide bonds. The lowest BCUT2D eigenvalue weighted by molar-refractivity contribution is -0.148. The topological polar surface area (TPSA) is 60.9 Å². The van der Waals surface area contributed by atoms with Crippen LogP contribution in [0.15, 0.2) is 60.7 Å². The highest BCUT2D eigenvalue weighted by atomic mass is 32.2. The summed E-state index contributed by atoms with van der Waals surface area (Å²) in [6.45, 7) is 1.70. The van der Waals surface area contributed by atoms with Crippen molar-refractivity contribution in [3.05, 3.63) is 60.7 Å². The zero-order chi connectivity index (χ0) is 17.6. The van der Waals surface area contributed by atoms with Crippen molar-refractivity contribution in [2.75, 3.05) is 28.8 Å². The molecule has 0 aromatic heterocycles. The molecule has 2 aromatic carbocycles. The molecule has 1 saturated heterocycles. The summed E-state index contributed by atoms with van der Waals surface area (Å²) in [4.78, 5) is 25.0. The summed E-state index contributed by atoms with van der Waals surface area (Å²) in [5, 5.41) is 9.24. The van der Waals surface area contributed by atoms with Gasteiger partial charge < -0.3 is 14.3 Å². The number of anilines is 2. The van der Waals surface area contributed by atoms with Crippen LogP contribution < -0.4 is 9.21 Å². The van der Waals surface area contributed by atoms with E-state index in [1.807, 2.05) is 48.5 Å². The standard InChI is InChI=1S/C19H20N2O3S/c22-18(19(23)24)14-21(16-9-5-2-6-10-16)25-17-11-12-20(13-17)15-7-3-1-4-8-15/h1-10,17H,11-14H2,(H,23,24). The molecule has 1 heterocycles. The number of nitrogens with zero attached hydrogens (tertiary/aromatic N) is 2. The molecular formula is C19H20N2O3S. The second-order valence-electron chi connectivity index (χ2n) is 5.90. The predicted octanol–water partition coefficient (Wildman–Crippen LogP) is 3.07. The molecular weight excluding hydrogens is 336 g/mol. The number of ketones is 1. The first-order chi connectivity index (χ1) is 12.1. The van der Waals surface area contributed by atoms with E-state index in [4.69, 9.17) is 5.11 Å². The Labute approximate surface area is 151 Å². The highest BCUT2D eigenvalue weighted by Crippen LogP contribution is 2.32. The summed E-state index contributed by atoms with van der Waals surface area (Å²) in [5.41, 5.74) is 2.04. The van der Waals surface area contributed by atoms with Crippen LogP contribution >= 0.6 is 11.9 Å². The Bertz CT molecular complexity index is 724. The van der Waals surface area contributed by atoms with Gasteiger partial charge in [0.25, 0.3) is 5.78 Å². The molecule has 1 N–H and O–H groups in total. The van der Waals surface area contributed by atoms with Gasteiger partial charge in [-0.05, 0) is 42.6 Å². The van der Waals surface area contributed by atoms with E-state index in [0.717, 1.165) is 25.2 Å². The maximum Gasteiger partial charge on any atom is 0.374 e. The van der Waals surface area contributed by atoms with Crippen molar-refractivity contribution in [2.45, 2.75) is 11.7 Å². The normalized spacial score (nSPS) is 16.6. The Hall–Kier alpha value is -2.47. The number of benzene rings is 2. The second-order valence-corrected chi connectivity index (χ2v) is 7.22. The summed E-state index contributed by atoms with van der Waals surface area (Å²) in [7, 11) is 0. The fourth-order valence-corrected chi connectivity index (χ4v) is 4.10. The van der Waals surface area contributed by atoms with Crippen molar-refractivity contribution in [2.24, 2.45) is 0 Å². The average Bonchev–Trinajstić information content (AvgIpc) is 3.11. The number of carboxylic acid groups (broad SMARTS) is 1. The molecule has 6 heteroatoms. The van der Waals surface area contributed by atoms with E-state index in [1.165, 1.54) is 5.69 Å². The third-order valence-electron chi connectivity index (χ3n) is 4.11. The van der Waals surface area contributed by atoms with E-state index in [9.17, 15) is 9.59 Å². The molecule has 3 rings (SSSR count). The minimum Gasteiger partial charge on any atom is -0.475 e. The van der Waals surface area contributed by atoms with Crippen LogP contribution in [0.1, 0.15) is 6.42 Å². The Balaban J connectivity index is 1.68. The van der Waals surface area contributed by atoms with Crippen molar-refractivity contribution in [3.8, 4) is 0 Å². The number of carboxylic acids is 1. The smallest absolute Gasteiger partial charge is 0.374 e. The molecule has 1 atom stereocenters. The first-order valence-corrected chi connectivity index (χ1v) is 9.02. The van der Waals surface area contributed by atoms with Crippen LogP contribution in [-0.2, 0) is 9.59 Å². The van der Waals surface area contributed by atoms with Gasteiger partial charge in [0.2, 0.25) is 0 Å². The minimum absolute atomic E-state index is 0.133. The lowest BCUT2D eigenvalue weighted by Gasteiger charge is -2.25. The third kappa shape index (κ3) is 4.54. The van der Waals surface area contributed by atoms with Gasteiger partial charge in [0.05, 0.1) is 6.54 Å². The van der Waals surface area contributed by atoms with E-state index >= 15 is 0 Å². The zero-order valence-electron chi connectivity index (χ0n) is 13.7. The second kappa shape index (κ2) is 8.07. The number of carbonyl (C=O) groups excluding carboxylic acids is 1. The molecule has 0 radical (unpaired) electrons. The van der Waals surface area contributed by atoms with Crippen LogP contribution in [0.4, 0.5) is 11.4 Å². The maximum atomic E-state index is 11.7. The van der Waals surface area contributed by atoms with Gasteiger partial charge in [-0.15, -0.1) is 0 Å². The van der Waals surface area contributed by atoms with Gasteiger partial charge in [0, 0.05) is 29.7 Å². The van der Waals surface area contributed by atoms with Gasteiger partial charge in [0.1, 0.15) is 0 Å². The number of Topliss-reactive ketones (excluding diaryl/α,β-unsaturated/α-hetero) is 1. The minimum atomic E-state index is -1.39. The summed E-state index contributed by atoms with van der Waals surface area (Å²) >= 11 is 1.56. The monoisotopic (exact) mass is 356 g/mol. The molecule has 1 aliphatic rings. The van der Waals surface area contributed by atoms with Crippen LogP contribution in [0.5, 0.6) is 0 Å². The predicted molar refractivity (Wildman–Crippen MR) is 101 cm³/mol. The Morgan fingerprint density at radius 2 is 1.72 bits per heavy atom. The van der Waals surface area contributed by atoms with Crippen LogP contribution in [-0.4, -0.2) is 41.7 Å². The highest BCUT2D eigenvalue weighted by molar-refractivity contribution is 8.01. The van der Waals surface area contributed by atoms with Crippen LogP contribution in [0, 0.1) is 0 Å². The van der Waals surface area contributed by atoms with Gasteiger partial charge in [-0.1, -0.05) is 36.4 Å². The molecule has 25 heavy (non-hydrogen) atoms. The molecule has 1 fully saturated rings. The largest absolute Gasteiger partial charge is 0.475 e. The summed E-state index contributed by atoms with van der Waals surface area (Å²) in [6.07, 6.45) is 0.990. The lowest BCUT2D eigenvalue weighted by atomic mass is 10.3. The number of aliphatic carboxylic acids is 1. The SMILES string of the molecule is O=C(O)C(=O)CN(SC1CCN(c2ccccc2)C1)c1ccccc1. The Morgan fingerprint density at radius 1 is 1.08 bits per heavy atom. The molecule has 5 nitrogen and oxygen atoms in total. The highest BCUT2D eigenvalue weighted by Gasteiger charge is 2.27. The number of rotatable bonds is 7. The van der Waals surface area contributed by atoms with Gasteiger partial charge in [-0.25, -0.2) is 4.79 Å². The quantitative estimate of drug-likeness (QED) is 0.608. The van der Waals surface area contributed by atoms with Gasteiger partial charge >= 0.3 is 5.97 Å². The van der Waals surface area contributed by atoms with E-state index in [2.05, 4.69) is 17.0 Å². The molecule has 2 aromatic rings. The number of para-hydroxylation sites is 2. The van der Waals surface area contributed by atoms with Crippen molar-refractivity contribution in [3.63, 3.8) is 0 Å². The Morgan fingerprint density at radius 3 is 2.36 bits per heavy atom. The van der Waals surface area contributed by atoms with E-state index in [-0.39, 0.29) is 6.54 Å². The molecule has 0 spiro atoms. The molecule has 0 bridgehead atoms. The van der Waals surface area contributed by atoms with Crippen LogP contribution in [0.25, 0.3) is 0 Å². The van der Waals surface area contributed by atoms with E-state index < -0.39 is 11.8 Å². The number of carbonyl (C=O) groups is 2. The van der Waals surface area contributed by atoms with Crippen molar-refractivity contribution in [1.82, 2.24) is 0 Å². The summed E-state index contributed by atoms with van der Waals surface area (Å²) in [6, 6.07) is 19.7. The molecule has 0 aliphatic carbocycles. The molecule has 130 valence electrons. The maximum absolute atomic E-state index is 11.7. The summed E-state index contributed by atoms with van der Waals surface area (Å²) < 4.78 is 1.80. The van der Waals surface area contributed by atoms with Crippen LogP contribution in [0.2, 0.25) is 0 Å². The zero-order valence-corrected chi connectivity index (χ0v) is 14.6. The number of hydrogen-bond acceptors (Lipinski definition) is 5. The van der Waals surface area contributed by atoms with Crippen molar-refractivity contribution >= 4 is 35.1 Å². The molecule has 1 aliphatic heterocycles. The first-order valence-electron chi connectivity index (χ1n) is 8.19. The Kier molecular flexibility index (Phi) is 5.60. The fraction of sp³-hybridized carbons (Fsp3) is 0.263. The van der Waals surface area contributed by atoms with E-state index in [0.29, 0.717) is 5.25 Å². The summed E-state index contributed by atoms with van der Waals surface area (Å²) in [5.74, 6) is -2.19. The number of hydrogen-bond donors (Lipinski definition) is 1. The first kappa shape index (κ1) is 17.4. The van der Waals surface area contributed by atoms with Gasteiger partial charge in [-0.2, -0.15) is 0 Å². The van der Waals surface area contributed by atoms with Gasteiger partial charge in [-0.3, -0.25) is 4.79 Å². The van der Waals surface area contributed by atoms with Crippen molar-refractivity contribution in [1.29, 1.82) is 0 Å². The molecule has 1 unspecified atom stereocenters. The third-order valence-corrected chi connectivity index (χ3v) is 5.39. The van der Waals surface area contributed by atoms with E-state index in [1.54, 1.807) is 16.3 Å². The average molecular weight is 356 g/mol.